The van der Waals surface area contributed by atoms with Crippen molar-refractivity contribution >= 4 is 45.0 Å². The van der Waals surface area contributed by atoms with E-state index in [2.05, 4.69) is 22.0 Å². The minimum absolute atomic E-state index is 0.101. The molecule has 0 amide bonds. The second-order valence-corrected chi connectivity index (χ2v) is 9.12. The van der Waals surface area contributed by atoms with Gasteiger partial charge in [-0.1, -0.05) is 70.3 Å². The monoisotopic (exact) mass is 514 g/mol. The van der Waals surface area contributed by atoms with E-state index in [0.717, 1.165) is 4.47 Å². The van der Waals surface area contributed by atoms with Crippen LogP contribution in [0.1, 0.15) is 24.2 Å². The van der Waals surface area contributed by atoms with E-state index in [0.29, 0.717) is 5.56 Å². The third kappa shape index (κ3) is 2.54. The van der Waals surface area contributed by atoms with Gasteiger partial charge in [-0.3, -0.25) is 5.41 Å². The molecular weight excluding hydrogens is 503 g/mol. The van der Waals surface area contributed by atoms with Crippen molar-refractivity contribution in [3.63, 3.8) is 0 Å². The predicted octanol–water partition coefficient (Wildman–Crippen LogP) is 5.87. The molecule has 2 aromatic carbocycles. The van der Waals surface area contributed by atoms with E-state index in [4.69, 9.17) is 38.1 Å². The number of nitrogens with zero attached hydrogens (tertiary/aromatic N) is 3. The Hall–Kier alpha value is -2.60. The van der Waals surface area contributed by atoms with Crippen LogP contribution in [0.3, 0.4) is 0 Å². The Morgan fingerprint density at radius 2 is 1.68 bits per heavy atom. The first-order chi connectivity index (χ1) is 14.7. The molecular formula is C22H13BrCl2N4O2. The van der Waals surface area contributed by atoms with Crippen molar-refractivity contribution in [3.8, 4) is 18.2 Å². The number of hydrogen-bond acceptors (Lipinski definition) is 6. The molecule has 2 saturated heterocycles. The quantitative estimate of drug-likeness (QED) is 0.537. The maximum absolute atomic E-state index is 10.3. The maximum atomic E-state index is 10.3. The van der Waals surface area contributed by atoms with E-state index in [1.807, 2.05) is 12.1 Å². The second kappa shape index (κ2) is 7.23. The van der Waals surface area contributed by atoms with Crippen LogP contribution >= 0.6 is 39.1 Å². The fourth-order valence-corrected chi connectivity index (χ4v) is 5.22. The topological polar surface area (TPSA) is 114 Å². The van der Waals surface area contributed by atoms with Crippen LogP contribution in [0.15, 0.2) is 46.9 Å². The van der Waals surface area contributed by atoms with Crippen LogP contribution < -0.4 is 0 Å². The fraction of sp³-hybridized carbons (Fsp3) is 0.273. The number of ether oxygens (including phenoxy) is 2. The lowest BCUT2D eigenvalue weighted by molar-refractivity contribution is -0.288. The molecule has 0 spiro atoms. The van der Waals surface area contributed by atoms with Gasteiger partial charge in [-0.2, -0.15) is 15.8 Å². The number of fused-ring (bicyclic) bond motifs is 2. The number of nitrogens with one attached hydrogen (secondary N) is 1. The molecule has 9 heteroatoms. The second-order valence-electron chi connectivity index (χ2n) is 7.42. The summed E-state index contributed by atoms with van der Waals surface area (Å²) in [5, 5.41) is 39.7. The number of benzene rings is 2. The van der Waals surface area contributed by atoms with Gasteiger partial charge in [-0.25, -0.2) is 0 Å². The van der Waals surface area contributed by atoms with Crippen molar-refractivity contribution in [2.45, 2.75) is 18.8 Å². The average Bonchev–Trinajstić information content (AvgIpc) is 2.93. The Labute approximate surface area is 197 Å². The van der Waals surface area contributed by atoms with E-state index in [1.54, 1.807) is 49.4 Å². The zero-order chi connectivity index (χ0) is 22.6. The van der Waals surface area contributed by atoms with Crippen LogP contribution in [0.25, 0.3) is 0 Å². The third-order valence-corrected chi connectivity index (χ3v) is 7.54. The number of halogens is 3. The van der Waals surface area contributed by atoms with Crippen LogP contribution in [0, 0.1) is 56.2 Å². The van der Waals surface area contributed by atoms with Gasteiger partial charge in [0.15, 0.2) is 5.41 Å². The minimum atomic E-state index is -2.11. The molecule has 6 nitrogen and oxygen atoms in total. The summed E-state index contributed by atoms with van der Waals surface area (Å²) < 4.78 is 13.1. The molecule has 2 bridgehead atoms. The fourth-order valence-electron chi connectivity index (χ4n) is 4.55. The lowest BCUT2D eigenvalue weighted by Gasteiger charge is -2.49. The predicted molar refractivity (Wildman–Crippen MR) is 116 cm³/mol. The number of nitriles is 3. The molecule has 2 aromatic rings. The molecule has 2 aliphatic heterocycles. The smallest absolute Gasteiger partial charge is 0.244 e. The van der Waals surface area contributed by atoms with Gasteiger partial charge in [0.1, 0.15) is 6.10 Å². The van der Waals surface area contributed by atoms with Crippen molar-refractivity contribution in [1.82, 2.24) is 0 Å². The van der Waals surface area contributed by atoms with Gasteiger partial charge in [0.2, 0.25) is 17.1 Å². The summed E-state index contributed by atoms with van der Waals surface area (Å²) in [5.41, 5.74) is -3.21. The zero-order valence-electron chi connectivity index (χ0n) is 16.0. The summed E-state index contributed by atoms with van der Waals surface area (Å²) in [7, 11) is 0. The molecule has 2 fully saturated rings. The Morgan fingerprint density at radius 1 is 1.03 bits per heavy atom. The average molecular weight is 516 g/mol. The Balaban J connectivity index is 2.07. The molecule has 2 aliphatic rings. The molecule has 0 aliphatic carbocycles. The van der Waals surface area contributed by atoms with Crippen molar-refractivity contribution in [3.05, 3.63) is 68.1 Å². The molecule has 4 atom stereocenters. The van der Waals surface area contributed by atoms with Gasteiger partial charge in [0, 0.05) is 15.6 Å². The first-order valence-corrected chi connectivity index (χ1v) is 10.7. The first-order valence-electron chi connectivity index (χ1n) is 9.13. The summed E-state index contributed by atoms with van der Waals surface area (Å²) in [6.07, 6.45) is -1.31. The summed E-state index contributed by atoms with van der Waals surface area (Å²) >= 11 is 16.0. The molecule has 0 aromatic heterocycles. The van der Waals surface area contributed by atoms with Crippen molar-refractivity contribution in [2.75, 3.05) is 0 Å². The zero-order valence-corrected chi connectivity index (χ0v) is 19.1. The minimum Gasteiger partial charge on any atom is -0.443 e. The van der Waals surface area contributed by atoms with Gasteiger partial charge in [0.05, 0.1) is 34.2 Å². The molecule has 4 unspecified atom stereocenters. The lowest BCUT2D eigenvalue weighted by atomic mass is 9.53. The number of rotatable bonds is 2. The highest BCUT2D eigenvalue weighted by Gasteiger charge is 2.79. The SMILES string of the molecule is CC1C2(c3ccc(Br)cc3)OC(=N)C1(C#N)C(C#N)(C#N)C(c1cccc(Cl)c1Cl)O2. The van der Waals surface area contributed by atoms with Crippen LogP contribution in [0.4, 0.5) is 0 Å². The normalized spacial score (nSPS) is 30.5. The van der Waals surface area contributed by atoms with E-state index in [9.17, 15) is 15.8 Å². The van der Waals surface area contributed by atoms with Gasteiger partial charge in [0.25, 0.3) is 0 Å². The highest BCUT2D eigenvalue weighted by molar-refractivity contribution is 9.10. The largest absolute Gasteiger partial charge is 0.443 e. The molecule has 31 heavy (non-hydrogen) atoms. The van der Waals surface area contributed by atoms with Gasteiger partial charge in [-0.05, 0) is 18.2 Å². The van der Waals surface area contributed by atoms with Crippen molar-refractivity contribution in [2.24, 2.45) is 16.7 Å². The number of hydrogen-bond donors (Lipinski definition) is 1. The molecule has 1 N–H and O–H groups in total. The molecule has 154 valence electrons. The Bertz CT molecular complexity index is 1220. The van der Waals surface area contributed by atoms with Gasteiger partial charge in [-0.15, -0.1) is 0 Å². The van der Waals surface area contributed by atoms with E-state index >= 15 is 0 Å². The third-order valence-electron chi connectivity index (χ3n) is 6.18. The highest BCUT2D eigenvalue weighted by atomic mass is 79.9. The lowest BCUT2D eigenvalue weighted by Crippen LogP contribution is -2.57. The van der Waals surface area contributed by atoms with Crippen LogP contribution in [-0.4, -0.2) is 5.90 Å². The highest BCUT2D eigenvalue weighted by Crippen LogP contribution is 2.69. The Kier molecular flexibility index (Phi) is 5.04. The molecule has 4 rings (SSSR count). The van der Waals surface area contributed by atoms with Crippen molar-refractivity contribution < 1.29 is 9.47 Å². The molecule has 0 saturated carbocycles. The van der Waals surface area contributed by atoms with Crippen LogP contribution in [0.5, 0.6) is 0 Å². The van der Waals surface area contributed by atoms with Crippen LogP contribution in [-0.2, 0) is 15.3 Å². The summed E-state index contributed by atoms with van der Waals surface area (Å²) in [5.74, 6) is -2.93. The molecule has 0 radical (unpaired) electrons. The molecule has 2 heterocycles. The summed E-state index contributed by atoms with van der Waals surface area (Å²) in [4.78, 5) is 0. The van der Waals surface area contributed by atoms with E-state index in [-0.39, 0.29) is 15.6 Å². The first kappa shape index (κ1) is 21.6. The standard InChI is InChI=1S/C22H13BrCl2N4O2/c1-12-21(11-28)19(29)31-22(12,13-5-7-14(23)8-6-13)30-18(20(21,9-26)10-27)15-3-2-4-16(24)17(15)25/h2-8,12,18,29H,1H3. The van der Waals surface area contributed by atoms with Gasteiger partial charge < -0.3 is 9.47 Å². The summed E-state index contributed by atoms with van der Waals surface area (Å²) in [6.45, 7) is 1.64. The maximum Gasteiger partial charge on any atom is 0.244 e. The van der Waals surface area contributed by atoms with Gasteiger partial charge >= 0.3 is 0 Å². The van der Waals surface area contributed by atoms with E-state index < -0.39 is 34.5 Å². The van der Waals surface area contributed by atoms with Crippen LogP contribution in [0.2, 0.25) is 10.0 Å². The Morgan fingerprint density at radius 3 is 2.26 bits per heavy atom. The summed E-state index contributed by atoms with van der Waals surface area (Å²) in [6, 6.07) is 17.8. The van der Waals surface area contributed by atoms with Crippen molar-refractivity contribution in [1.29, 1.82) is 21.2 Å². The van der Waals surface area contributed by atoms with E-state index in [1.165, 1.54) is 0 Å².